The van der Waals surface area contributed by atoms with Crippen LogP contribution in [0.3, 0.4) is 0 Å². The van der Waals surface area contributed by atoms with Crippen LogP contribution in [0.4, 0.5) is 0 Å². The average molecular weight is 208 g/mol. The second-order valence-electron chi connectivity index (χ2n) is 3.91. The predicted molar refractivity (Wildman–Crippen MR) is 61.3 cm³/mol. The molecule has 2 nitrogen and oxygen atoms in total. The van der Waals surface area contributed by atoms with Crippen LogP contribution in [0, 0.1) is 10.4 Å². The van der Waals surface area contributed by atoms with Crippen LogP contribution in [0.1, 0.15) is 0 Å². The second-order valence-corrected chi connectivity index (χ2v) is 3.91. The fraction of sp³-hybridized carbons (Fsp3) is 0. The molecule has 2 aromatic carbocycles. The minimum Gasteiger partial charge on any atom is -0.464 e. The molecule has 0 aromatic heterocycles. The highest BCUT2D eigenvalue weighted by atomic mass is 16.3. The van der Waals surface area contributed by atoms with Gasteiger partial charge in [0, 0.05) is 21.2 Å². The van der Waals surface area contributed by atoms with Crippen molar-refractivity contribution in [1.82, 2.24) is 0 Å². The van der Waals surface area contributed by atoms with Crippen molar-refractivity contribution in [3.63, 3.8) is 0 Å². The van der Waals surface area contributed by atoms with Crippen LogP contribution in [0.25, 0.3) is 21.9 Å². The molecule has 0 bridgehead atoms. The van der Waals surface area contributed by atoms with E-state index in [4.69, 9.17) is 8.83 Å². The normalized spacial score (nSPS) is 11.8. The van der Waals surface area contributed by atoms with E-state index in [1.54, 1.807) is 12.5 Å². The van der Waals surface area contributed by atoms with Gasteiger partial charge in [0.25, 0.3) is 0 Å². The topological polar surface area (TPSA) is 26.3 Å². The Hall–Kier alpha value is -2.22. The van der Waals surface area contributed by atoms with Crippen molar-refractivity contribution in [2.45, 2.75) is 0 Å². The SMILES string of the molecule is c1cc2coc3cccc4coc(c1)c2=c43. The molecule has 0 unspecified atom stereocenters. The molecule has 2 aliphatic heterocycles. The van der Waals surface area contributed by atoms with E-state index in [0.29, 0.717) is 0 Å². The summed E-state index contributed by atoms with van der Waals surface area (Å²) in [5.74, 6) is 0. The third kappa shape index (κ3) is 0.865. The molecule has 2 aliphatic rings. The Morgan fingerprint density at radius 2 is 1.12 bits per heavy atom. The number of benzene rings is 2. The molecule has 0 saturated carbocycles. The minimum atomic E-state index is 0.900. The van der Waals surface area contributed by atoms with Gasteiger partial charge >= 0.3 is 0 Å². The van der Waals surface area contributed by atoms with Crippen LogP contribution in [0.5, 0.6) is 0 Å². The lowest BCUT2D eigenvalue weighted by atomic mass is 10.1. The van der Waals surface area contributed by atoms with Crippen LogP contribution in [-0.2, 0) is 0 Å². The molecule has 2 heterocycles. The molecule has 0 saturated heterocycles. The van der Waals surface area contributed by atoms with E-state index in [1.807, 2.05) is 36.4 Å². The molecule has 0 spiro atoms. The number of rotatable bonds is 0. The lowest BCUT2D eigenvalue weighted by molar-refractivity contribution is 0.588. The van der Waals surface area contributed by atoms with E-state index >= 15 is 0 Å². The largest absolute Gasteiger partial charge is 0.464 e. The zero-order valence-corrected chi connectivity index (χ0v) is 8.44. The quantitative estimate of drug-likeness (QED) is 0.438. The smallest absolute Gasteiger partial charge is 0.135 e. The van der Waals surface area contributed by atoms with Crippen LogP contribution in [0.15, 0.2) is 57.8 Å². The summed E-state index contributed by atoms with van der Waals surface area (Å²) in [6, 6.07) is 12.0. The van der Waals surface area contributed by atoms with Gasteiger partial charge in [-0.1, -0.05) is 24.3 Å². The lowest BCUT2D eigenvalue weighted by Crippen LogP contribution is -1.85. The van der Waals surface area contributed by atoms with Crippen LogP contribution in [0.2, 0.25) is 0 Å². The zero-order valence-electron chi connectivity index (χ0n) is 8.44. The summed E-state index contributed by atoms with van der Waals surface area (Å²) < 4.78 is 11.2. The fourth-order valence-electron chi connectivity index (χ4n) is 2.28. The highest BCUT2D eigenvalue weighted by Crippen LogP contribution is 2.24. The molecule has 4 rings (SSSR count). The number of hydrogen-bond donors (Lipinski definition) is 0. The first-order valence-corrected chi connectivity index (χ1v) is 5.20. The van der Waals surface area contributed by atoms with Gasteiger partial charge in [0.2, 0.25) is 0 Å². The second kappa shape index (κ2) is 2.67. The average Bonchev–Trinajstić information content (AvgIpc) is 2.36. The van der Waals surface area contributed by atoms with E-state index < -0.39 is 0 Å². The van der Waals surface area contributed by atoms with Crippen molar-refractivity contribution >= 4 is 21.9 Å². The van der Waals surface area contributed by atoms with Gasteiger partial charge in [-0.25, -0.2) is 0 Å². The summed E-state index contributed by atoms with van der Waals surface area (Å²) in [6.45, 7) is 0. The van der Waals surface area contributed by atoms with Crippen molar-refractivity contribution < 1.29 is 8.83 Å². The van der Waals surface area contributed by atoms with Gasteiger partial charge in [-0.2, -0.15) is 0 Å². The molecule has 76 valence electrons. The minimum absolute atomic E-state index is 0.900. The van der Waals surface area contributed by atoms with E-state index in [1.165, 1.54) is 0 Å². The van der Waals surface area contributed by atoms with Gasteiger partial charge in [-0.15, -0.1) is 0 Å². The Morgan fingerprint density at radius 3 is 1.62 bits per heavy atom. The van der Waals surface area contributed by atoms with Crippen molar-refractivity contribution in [3.05, 3.63) is 59.4 Å². The fourth-order valence-corrected chi connectivity index (χ4v) is 2.28. The Bertz CT molecular complexity index is 715. The van der Waals surface area contributed by atoms with E-state index in [9.17, 15) is 0 Å². The maximum atomic E-state index is 5.62. The van der Waals surface area contributed by atoms with Crippen LogP contribution in [-0.4, -0.2) is 0 Å². The van der Waals surface area contributed by atoms with E-state index in [-0.39, 0.29) is 0 Å². The Morgan fingerprint density at radius 1 is 0.625 bits per heavy atom. The van der Waals surface area contributed by atoms with Crippen molar-refractivity contribution in [2.75, 3.05) is 0 Å². The van der Waals surface area contributed by atoms with Crippen LogP contribution < -0.4 is 0 Å². The zero-order chi connectivity index (χ0) is 10.5. The van der Waals surface area contributed by atoms with E-state index in [0.717, 1.165) is 32.4 Å². The van der Waals surface area contributed by atoms with Crippen LogP contribution >= 0.6 is 0 Å². The maximum Gasteiger partial charge on any atom is 0.135 e. The molecule has 0 fully saturated rings. The predicted octanol–water partition coefficient (Wildman–Crippen LogP) is 3.90. The van der Waals surface area contributed by atoms with Gasteiger partial charge in [-0.3, -0.25) is 0 Å². The number of hydrogen-bond acceptors (Lipinski definition) is 2. The lowest BCUT2D eigenvalue weighted by Gasteiger charge is -2.04. The summed E-state index contributed by atoms with van der Waals surface area (Å²) >= 11 is 0. The van der Waals surface area contributed by atoms with Crippen molar-refractivity contribution in [3.8, 4) is 0 Å². The molecule has 0 atom stereocenters. The Balaban J connectivity index is 2.61. The summed E-state index contributed by atoms with van der Waals surface area (Å²) in [5, 5.41) is 4.43. The molecule has 2 heteroatoms. The molecular weight excluding hydrogens is 200 g/mol. The first-order valence-electron chi connectivity index (χ1n) is 5.20. The first-order chi connectivity index (χ1) is 7.93. The van der Waals surface area contributed by atoms with Gasteiger partial charge < -0.3 is 8.83 Å². The van der Waals surface area contributed by atoms with Gasteiger partial charge in [0.05, 0.1) is 12.5 Å². The molecule has 0 radical (unpaired) electrons. The summed E-state index contributed by atoms with van der Waals surface area (Å²) in [4.78, 5) is 0. The summed E-state index contributed by atoms with van der Waals surface area (Å²) in [6.07, 6.45) is 3.55. The standard InChI is InChI=1S/C14H8O2/c1-3-9-7-16-12-6-2-4-10-8-15-11(5-1)13(9)14(10)12/h1-8H. The monoisotopic (exact) mass is 208 g/mol. The van der Waals surface area contributed by atoms with Gasteiger partial charge in [0.1, 0.15) is 11.2 Å². The Labute approximate surface area is 90.7 Å². The summed E-state index contributed by atoms with van der Waals surface area (Å²) in [7, 11) is 0. The van der Waals surface area contributed by atoms with Gasteiger partial charge in [0.15, 0.2) is 0 Å². The van der Waals surface area contributed by atoms with Crippen molar-refractivity contribution in [1.29, 1.82) is 0 Å². The molecular formula is C14H8O2. The molecule has 0 amide bonds. The van der Waals surface area contributed by atoms with E-state index in [2.05, 4.69) is 0 Å². The third-order valence-corrected chi connectivity index (χ3v) is 2.99. The maximum absolute atomic E-state index is 5.62. The third-order valence-electron chi connectivity index (χ3n) is 2.99. The molecule has 0 aliphatic carbocycles. The molecule has 0 N–H and O–H groups in total. The molecule has 16 heavy (non-hydrogen) atoms. The highest BCUT2D eigenvalue weighted by molar-refractivity contribution is 5.75. The summed E-state index contributed by atoms with van der Waals surface area (Å²) in [5.41, 5.74) is 1.80. The first kappa shape index (κ1) is 7.99. The Kier molecular flexibility index (Phi) is 1.33. The van der Waals surface area contributed by atoms with Crippen molar-refractivity contribution in [2.24, 2.45) is 0 Å². The highest BCUT2D eigenvalue weighted by Gasteiger charge is 2.06. The van der Waals surface area contributed by atoms with Gasteiger partial charge in [-0.05, 0) is 12.1 Å². The molecule has 2 aromatic rings.